The van der Waals surface area contributed by atoms with E-state index in [-0.39, 0.29) is 30.0 Å². The number of hydrogen-bond acceptors (Lipinski definition) is 3. The summed E-state index contributed by atoms with van der Waals surface area (Å²) in [5.41, 5.74) is 1.27. The molecule has 6 heteroatoms. The number of halogens is 1. The second kappa shape index (κ2) is 10.9. The van der Waals surface area contributed by atoms with Crippen LogP contribution in [0.5, 0.6) is 5.75 Å². The third-order valence-electron chi connectivity index (χ3n) is 4.87. The van der Waals surface area contributed by atoms with Crippen molar-refractivity contribution in [1.82, 2.24) is 15.1 Å². The number of likely N-dealkylation sites (tertiary alicyclic amines) is 1. The molecular formula is C19H33IN4O. The summed E-state index contributed by atoms with van der Waals surface area (Å²) in [7, 11) is 7.80. The second-order valence-electron chi connectivity index (χ2n) is 6.85. The van der Waals surface area contributed by atoms with Gasteiger partial charge in [-0.3, -0.25) is 4.99 Å². The number of ether oxygens (including phenoxy) is 1. The van der Waals surface area contributed by atoms with Crippen molar-refractivity contribution >= 4 is 29.9 Å². The molecule has 1 aromatic rings. The van der Waals surface area contributed by atoms with Gasteiger partial charge in [0.1, 0.15) is 5.75 Å². The standard InChI is InChI=1S/C19H32N4O.HI/c1-15-10-12-23(13-11-15)19(20-2)21-14-18(22(3)4)16-6-8-17(24-5)9-7-16;/h6-9,15,18H,10-14H2,1-5H3,(H,20,21);1H. The van der Waals surface area contributed by atoms with Crippen LogP contribution in [0.2, 0.25) is 0 Å². The Morgan fingerprint density at radius 2 is 1.88 bits per heavy atom. The first kappa shape index (κ1) is 22.0. The third kappa shape index (κ3) is 6.33. The summed E-state index contributed by atoms with van der Waals surface area (Å²) in [4.78, 5) is 9.09. The molecule has 1 aliphatic heterocycles. The number of methoxy groups -OCH3 is 1. The lowest BCUT2D eigenvalue weighted by Gasteiger charge is -2.34. The maximum atomic E-state index is 5.26. The number of likely N-dealkylation sites (N-methyl/N-ethyl adjacent to an activating group) is 1. The predicted molar refractivity (Wildman–Crippen MR) is 116 cm³/mol. The minimum absolute atomic E-state index is 0. The van der Waals surface area contributed by atoms with Crippen LogP contribution in [0.1, 0.15) is 31.4 Å². The van der Waals surface area contributed by atoms with E-state index in [2.05, 4.69) is 53.3 Å². The molecule has 0 spiro atoms. The fourth-order valence-electron chi connectivity index (χ4n) is 3.17. The second-order valence-corrected chi connectivity index (χ2v) is 6.85. The molecule has 0 amide bonds. The third-order valence-corrected chi connectivity index (χ3v) is 4.87. The summed E-state index contributed by atoms with van der Waals surface area (Å²) in [5, 5.41) is 3.57. The van der Waals surface area contributed by atoms with Crippen molar-refractivity contribution in [1.29, 1.82) is 0 Å². The summed E-state index contributed by atoms with van der Waals surface area (Å²) in [6.07, 6.45) is 2.49. The Kier molecular flexibility index (Phi) is 9.56. The highest BCUT2D eigenvalue weighted by atomic mass is 127. The van der Waals surface area contributed by atoms with Crippen LogP contribution < -0.4 is 10.1 Å². The van der Waals surface area contributed by atoms with Crippen molar-refractivity contribution in [3.8, 4) is 5.75 Å². The Morgan fingerprint density at radius 1 is 1.28 bits per heavy atom. The van der Waals surface area contributed by atoms with Gasteiger partial charge in [-0.15, -0.1) is 24.0 Å². The number of aliphatic imine (C=N–C) groups is 1. The molecule has 1 N–H and O–H groups in total. The van der Waals surface area contributed by atoms with Gasteiger partial charge in [0.25, 0.3) is 0 Å². The van der Waals surface area contributed by atoms with E-state index in [1.54, 1.807) is 7.11 Å². The van der Waals surface area contributed by atoms with Gasteiger partial charge < -0.3 is 19.9 Å². The Hall–Kier alpha value is -1.02. The molecular weight excluding hydrogens is 427 g/mol. The molecule has 0 bridgehead atoms. The van der Waals surface area contributed by atoms with E-state index in [1.807, 2.05) is 19.2 Å². The first-order valence-corrected chi connectivity index (χ1v) is 8.81. The summed E-state index contributed by atoms with van der Waals surface area (Å²) >= 11 is 0. The van der Waals surface area contributed by atoms with Crippen LogP contribution in [0.15, 0.2) is 29.3 Å². The van der Waals surface area contributed by atoms with Crippen molar-refractivity contribution in [2.24, 2.45) is 10.9 Å². The fourth-order valence-corrected chi connectivity index (χ4v) is 3.17. The van der Waals surface area contributed by atoms with Gasteiger partial charge >= 0.3 is 0 Å². The largest absolute Gasteiger partial charge is 0.497 e. The molecule has 1 saturated heterocycles. The maximum absolute atomic E-state index is 5.26. The van der Waals surface area contributed by atoms with Crippen LogP contribution in [0.3, 0.4) is 0 Å². The van der Waals surface area contributed by atoms with E-state index in [9.17, 15) is 0 Å². The lowest BCUT2D eigenvalue weighted by molar-refractivity contribution is 0.264. The molecule has 1 fully saturated rings. The quantitative estimate of drug-likeness (QED) is 0.416. The lowest BCUT2D eigenvalue weighted by atomic mass is 9.99. The number of hydrogen-bond donors (Lipinski definition) is 1. The highest BCUT2D eigenvalue weighted by Crippen LogP contribution is 2.21. The number of nitrogens with one attached hydrogen (secondary N) is 1. The molecule has 1 unspecified atom stereocenters. The highest BCUT2D eigenvalue weighted by molar-refractivity contribution is 14.0. The molecule has 1 aromatic carbocycles. The Morgan fingerprint density at radius 3 is 2.36 bits per heavy atom. The van der Waals surface area contributed by atoms with Crippen LogP contribution in [-0.2, 0) is 0 Å². The van der Waals surface area contributed by atoms with Crippen LogP contribution >= 0.6 is 24.0 Å². The van der Waals surface area contributed by atoms with Gasteiger partial charge in [0.2, 0.25) is 0 Å². The van der Waals surface area contributed by atoms with Crippen LogP contribution in [0.25, 0.3) is 0 Å². The van der Waals surface area contributed by atoms with E-state index < -0.39 is 0 Å². The van der Waals surface area contributed by atoms with Gasteiger partial charge in [-0.2, -0.15) is 0 Å². The number of nitrogens with zero attached hydrogens (tertiary/aromatic N) is 3. The van der Waals surface area contributed by atoms with E-state index in [0.29, 0.717) is 0 Å². The van der Waals surface area contributed by atoms with Crippen molar-refractivity contribution in [3.05, 3.63) is 29.8 Å². The topological polar surface area (TPSA) is 40.1 Å². The molecule has 0 saturated carbocycles. The van der Waals surface area contributed by atoms with E-state index in [4.69, 9.17) is 4.74 Å². The highest BCUT2D eigenvalue weighted by Gasteiger charge is 2.20. The van der Waals surface area contributed by atoms with Gasteiger partial charge in [-0.25, -0.2) is 0 Å². The predicted octanol–water partition coefficient (Wildman–Crippen LogP) is 3.22. The zero-order valence-corrected chi connectivity index (χ0v) is 18.5. The van der Waals surface area contributed by atoms with E-state index >= 15 is 0 Å². The van der Waals surface area contributed by atoms with Gasteiger partial charge in [-0.05, 0) is 50.6 Å². The summed E-state index contributed by atoms with van der Waals surface area (Å²) in [5.74, 6) is 2.73. The minimum atomic E-state index is 0. The molecule has 1 heterocycles. The van der Waals surface area contributed by atoms with Crippen LogP contribution in [-0.4, -0.2) is 63.6 Å². The number of guanidine groups is 1. The monoisotopic (exact) mass is 460 g/mol. The first-order chi connectivity index (χ1) is 11.5. The molecule has 2 rings (SSSR count). The van der Waals surface area contributed by atoms with Gasteiger partial charge in [0.05, 0.1) is 13.2 Å². The van der Waals surface area contributed by atoms with E-state index in [0.717, 1.165) is 37.3 Å². The summed E-state index contributed by atoms with van der Waals surface area (Å²) < 4.78 is 5.26. The zero-order chi connectivity index (χ0) is 17.5. The molecule has 0 aromatic heterocycles. The molecule has 0 aliphatic carbocycles. The summed E-state index contributed by atoms with van der Waals surface area (Å²) in [6, 6.07) is 8.60. The molecule has 1 atom stereocenters. The van der Waals surface area contributed by atoms with Crippen molar-refractivity contribution < 1.29 is 4.74 Å². The van der Waals surface area contributed by atoms with E-state index in [1.165, 1.54) is 18.4 Å². The molecule has 25 heavy (non-hydrogen) atoms. The van der Waals surface area contributed by atoms with Crippen molar-refractivity contribution in [2.45, 2.75) is 25.8 Å². The SMILES string of the molecule is CN=C(NCC(c1ccc(OC)cc1)N(C)C)N1CCC(C)CC1.I. The molecule has 142 valence electrons. The number of piperidine rings is 1. The van der Waals surface area contributed by atoms with Gasteiger partial charge in [-0.1, -0.05) is 19.1 Å². The Labute approximate surface area is 169 Å². The Bertz CT molecular complexity index is 525. The van der Waals surface area contributed by atoms with Gasteiger partial charge in [0, 0.05) is 26.7 Å². The average Bonchev–Trinajstić information content (AvgIpc) is 2.60. The normalized spacial score (nSPS) is 17.2. The van der Waals surface area contributed by atoms with Gasteiger partial charge in [0.15, 0.2) is 5.96 Å². The lowest BCUT2D eigenvalue weighted by Crippen LogP contribution is -2.47. The fraction of sp³-hybridized carbons (Fsp3) is 0.632. The zero-order valence-electron chi connectivity index (χ0n) is 16.2. The smallest absolute Gasteiger partial charge is 0.193 e. The minimum Gasteiger partial charge on any atom is -0.497 e. The Balaban J connectivity index is 0.00000312. The summed E-state index contributed by atoms with van der Waals surface area (Å²) in [6.45, 7) is 5.35. The number of rotatable bonds is 5. The molecule has 0 radical (unpaired) electrons. The average molecular weight is 460 g/mol. The van der Waals surface area contributed by atoms with Crippen molar-refractivity contribution in [3.63, 3.8) is 0 Å². The van der Waals surface area contributed by atoms with Crippen molar-refractivity contribution in [2.75, 3.05) is 47.9 Å². The maximum Gasteiger partial charge on any atom is 0.193 e. The number of benzene rings is 1. The molecule has 1 aliphatic rings. The molecule has 5 nitrogen and oxygen atoms in total. The van der Waals surface area contributed by atoms with Crippen LogP contribution in [0.4, 0.5) is 0 Å². The van der Waals surface area contributed by atoms with Crippen LogP contribution in [0, 0.1) is 5.92 Å². The first-order valence-electron chi connectivity index (χ1n) is 8.81.